The van der Waals surface area contributed by atoms with Crippen LogP contribution in [0.4, 0.5) is 10.1 Å². The molecule has 2 aromatic rings. The van der Waals surface area contributed by atoms with Gasteiger partial charge in [-0.2, -0.15) is 0 Å². The number of nitrogens with one attached hydrogen (secondary N) is 1. The van der Waals surface area contributed by atoms with Crippen molar-refractivity contribution in [2.75, 3.05) is 31.3 Å². The first-order valence-corrected chi connectivity index (χ1v) is 13.3. The van der Waals surface area contributed by atoms with Crippen LogP contribution in [0.25, 0.3) is 0 Å². The van der Waals surface area contributed by atoms with Gasteiger partial charge in [-0.05, 0) is 50.1 Å². The van der Waals surface area contributed by atoms with Gasteiger partial charge in [0, 0.05) is 18.7 Å². The maximum absolute atomic E-state index is 13.7. The summed E-state index contributed by atoms with van der Waals surface area (Å²) in [4.78, 5) is 27.9. The molecule has 2 rings (SSSR count). The van der Waals surface area contributed by atoms with E-state index in [1.165, 1.54) is 55.5 Å². The smallest absolute Gasteiger partial charge is 0.244 e. The molecule has 11 heteroatoms. The monoisotopic (exact) mass is 523 g/mol. The highest BCUT2D eigenvalue weighted by Gasteiger charge is 2.32. The van der Waals surface area contributed by atoms with E-state index in [4.69, 9.17) is 9.47 Å². The lowest BCUT2D eigenvalue weighted by Crippen LogP contribution is -2.53. The van der Waals surface area contributed by atoms with Crippen LogP contribution in [0.1, 0.15) is 32.8 Å². The molecule has 0 aromatic heterocycles. The summed E-state index contributed by atoms with van der Waals surface area (Å²) in [5.74, 6) is -0.757. The number of methoxy groups -OCH3 is 2. The average molecular weight is 524 g/mol. The van der Waals surface area contributed by atoms with Gasteiger partial charge in [-0.25, -0.2) is 12.8 Å². The van der Waals surface area contributed by atoms with Crippen molar-refractivity contribution in [2.24, 2.45) is 0 Å². The van der Waals surface area contributed by atoms with Crippen LogP contribution in [0.3, 0.4) is 0 Å². The molecule has 0 aliphatic carbocycles. The number of benzene rings is 2. The van der Waals surface area contributed by atoms with E-state index in [0.717, 1.165) is 10.6 Å². The topological polar surface area (TPSA) is 105 Å². The zero-order valence-electron chi connectivity index (χ0n) is 21.4. The van der Waals surface area contributed by atoms with Gasteiger partial charge in [0.05, 0.1) is 26.2 Å². The third-order valence-electron chi connectivity index (χ3n) is 5.42. The van der Waals surface area contributed by atoms with Gasteiger partial charge in [-0.1, -0.05) is 19.1 Å². The fraction of sp³-hybridized carbons (Fsp3) is 0.440. The summed E-state index contributed by atoms with van der Waals surface area (Å²) in [6, 6.07) is 9.08. The molecule has 2 amide bonds. The fourth-order valence-corrected chi connectivity index (χ4v) is 4.53. The van der Waals surface area contributed by atoms with Crippen LogP contribution >= 0.6 is 0 Å². The Morgan fingerprint density at radius 1 is 1.06 bits per heavy atom. The Kier molecular flexibility index (Phi) is 10.1. The van der Waals surface area contributed by atoms with Crippen LogP contribution in [0.5, 0.6) is 11.5 Å². The lowest BCUT2D eigenvalue weighted by atomic mass is 10.1. The molecular formula is C25H34FN3O6S. The van der Waals surface area contributed by atoms with Crippen molar-refractivity contribution >= 4 is 27.5 Å². The second-order valence-corrected chi connectivity index (χ2v) is 10.4. The third-order valence-corrected chi connectivity index (χ3v) is 6.54. The standard InChI is InChI=1S/C25H34FN3O6S/c1-7-21(25(31)27-17(2)3)28(15-18-8-10-19(26)11-9-18)24(30)16-29(36(6,32)33)22-13-12-20(34-4)14-23(22)35-5/h8-14,17,21H,7,15-16H2,1-6H3,(H,27,31)/t21-/m1/s1. The van der Waals surface area contributed by atoms with E-state index in [1.807, 2.05) is 0 Å². The Morgan fingerprint density at radius 3 is 2.19 bits per heavy atom. The van der Waals surface area contributed by atoms with Gasteiger partial charge in [0.2, 0.25) is 21.8 Å². The summed E-state index contributed by atoms with van der Waals surface area (Å²) >= 11 is 0. The average Bonchev–Trinajstić information content (AvgIpc) is 2.82. The minimum atomic E-state index is -3.93. The summed E-state index contributed by atoms with van der Waals surface area (Å²) in [6.07, 6.45) is 1.27. The van der Waals surface area contributed by atoms with Crippen LogP contribution in [0, 0.1) is 5.82 Å². The Morgan fingerprint density at radius 2 is 1.69 bits per heavy atom. The highest BCUT2D eigenvalue weighted by atomic mass is 32.2. The number of carbonyl (C=O) groups excluding carboxylic acids is 2. The van der Waals surface area contributed by atoms with Gasteiger partial charge in [0.1, 0.15) is 29.9 Å². The summed E-state index contributed by atoms with van der Waals surface area (Å²) in [5, 5.41) is 2.81. The maximum atomic E-state index is 13.7. The number of halogens is 1. The van der Waals surface area contributed by atoms with E-state index in [-0.39, 0.29) is 36.4 Å². The molecule has 0 bridgehead atoms. The first-order chi connectivity index (χ1) is 16.9. The van der Waals surface area contributed by atoms with E-state index in [1.54, 1.807) is 26.8 Å². The lowest BCUT2D eigenvalue weighted by molar-refractivity contribution is -0.140. The predicted octanol–water partition coefficient (Wildman–Crippen LogP) is 2.94. The molecule has 9 nitrogen and oxygen atoms in total. The minimum absolute atomic E-state index is 0.0134. The van der Waals surface area contributed by atoms with Gasteiger partial charge in [-0.3, -0.25) is 13.9 Å². The second kappa shape index (κ2) is 12.6. The van der Waals surface area contributed by atoms with Crippen LogP contribution in [-0.4, -0.2) is 64.2 Å². The predicted molar refractivity (Wildman–Crippen MR) is 136 cm³/mol. The summed E-state index contributed by atoms with van der Waals surface area (Å²) in [5.41, 5.74) is 0.740. The largest absolute Gasteiger partial charge is 0.497 e. The molecule has 0 heterocycles. The zero-order chi connectivity index (χ0) is 27.0. The fourth-order valence-electron chi connectivity index (χ4n) is 3.67. The van der Waals surface area contributed by atoms with E-state index in [0.29, 0.717) is 11.3 Å². The molecule has 36 heavy (non-hydrogen) atoms. The molecule has 0 aliphatic rings. The van der Waals surface area contributed by atoms with Crippen molar-refractivity contribution in [1.29, 1.82) is 0 Å². The Bertz CT molecular complexity index is 1150. The van der Waals surface area contributed by atoms with Crippen molar-refractivity contribution in [2.45, 2.75) is 45.8 Å². The number of hydrogen-bond acceptors (Lipinski definition) is 6. The number of hydrogen-bond donors (Lipinski definition) is 1. The van der Waals surface area contributed by atoms with Gasteiger partial charge in [-0.15, -0.1) is 0 Å². The number of nitrogens with zero attached hydrogens (tertiary/aromatic N) is 2. The van der Waals surface area contributed by atoms with Gasteiger partial charge in [0.25, 0.3) is 0 Å². The molecule has 0 spiro atoms. The van der Waals surface area contributed by atoms with Crippen LogP contribution in [-0.2, 0) is 26.2 Å². The van der Waals surface area contributed by atoms with E-state index < -0.39 is 34.3 Å². The molecular weight excluding hydrogens is 489 g/mol. The minimum Gasteiger partial charge on any atom is -0.497 e. The van der Waals surface area contributed by atoms with Crippen molar-refractivity contribution in [3.05, 3.63) is 53.8 Å². The number of rotatable bonds is 12. The van der Waals surface area contributed by atoms with Crippen molar-refractivity contribution in [1.82, 2.24) is 10.2 Å². The summed E-state index contributed by atoms with van der Waals surface area (Å²) < 4.78 is 50.5. The molecule has 0 aliphatic heterocycles. The SMILES string of the molecule is CC[C@H](C(=O)NC(C)C)N(Cc1ccc(F)cc1)C(=O)CN(c1ccc(OC)cc1OC)S(C)(=O)=O. The molecule has 0 saturated heterocycles. The number of anilines is 1. The molecule has 0 saturated carbocycles. The first-order valence-electron chi connectivity index (χ1n) is 11.4. The molecule has 0 fully saturated rings. The molecule has 2 aromatic carbocycles. The Labute approximate surface area is 212 Å². The highest BCUT2D eigenvalue weighted by Crippen LogP contribution is 2.33. The summed E-state index contributed by atoms with van der Waals surface area (Å²) in [7, 11) is -1.09. The maximum Gasteiger partial charge on any atom is 0.244 e. The van der Waals surface area contributed by atoms with Crippen molar-refractivity contribution < 1.29 is 31.9 Å². The second-order valence-electron chi connectivity index (χ2n) is 8.54. The number of sulfonamides is 1. The molecule has 0 unspecified atom stereocenters. The Hall–Kier alpha value is -3.34. The number of carbonyl (C=O) groups is 2. The van der Waals surface area contributed by atoms with Crippen molar-refractivity contribution in [3.8, 4) is 11.5 Å². The lowest BCUT2D eigenvalue weighted by Gasteiger charge is -2.33. The van der Waals surface area contributed by atoms with E-state index in [9.17, 15) is 22.4 Å². The molecule has 0 radical (unpaired) electrons. The number of ether oxygens (including phenoxy) is 2. The van der Waals surface area contributed by atoms with Crippen LogP contribution < -0.4 is 19.1 Å². The van der Waals surface area contributed by atoms with E-state index >= 15 is 0 Å². The quantitative estimate of drug-likeness (QED) is 0.459. The molecule has 1 N–H and O–H groups in total. The molecule has 198 valence electrons. The van der Waals surface area contributed by atoms with Crippen molar-refractivity contribution in [3.63, 3.8) is 0 Å². The third kappa shape index (κ3) is 7.58. The van der Waals surface area contributed by atoms with Gasteiger partial charge in [0.15, 0.2) is 0 Å². The van der Waals surface area contributed by atoms with Gasteiger partial charge >= 0.3 is 0 Å². The van der Waals surface area contributed by atoms with Gasteiger partial charge < -0.3 is 19.7 Å². The van der Waals surface area contributed by atoms with Crippen LogP contribution in [0.15, 0.2) is 42.5 Å². The number of amides is 2. The first kappa shape index (κ1) is 28.9. The summed E-state index contributed by atoms with van der Waals surface area (Å²) in [6.45, 7) is 4.78. The van der Waals surface area contributed by atoms with Crippen LogP contribution in [0.2, 0.25) is 0 Å². The highest BCUT2D eigenvalue weighted by molar-refractivity contribution is 7.92. The normalized spacial score (nSPS) is 12.1. The zero-order valence-corrected chi connectivity index (χ0v) is 22.3. The Balaban J connectivity index is 2.50. The van der Waals surface area contributed by atoms with E-state index in [2.05, 4.69) is 5.32 Å². The molecule has 1 atom stereocenters.